The third kappa shape index (κ3) is 6.13. The van der Waals surface area contributed by atoms with Gasteiger partial charge in [0.1, 0.15) is 0 Å². The van der Waals surface area contributed by atoms with Crippen LogP contribution in [0.4, 0.5) is 4.79 Å². The molecule has 0 radical (unpaired) electrons. The van der Waals surface area contributed by atoms with Gasteiger partial charge in [-0.15, -0.1) is 0 Å². The van der Waals surface area contributed by atoms with E-state index in [4.69, 9.17) is 10.8 Å². The van der Waals surface area contributed by atoms with Gasteiger partial charge in [-0.3, -0.25) is 19.7 Å². The Morgan fingerprint density at radius 1 is 1.24 bits per heavy atom. The van der Waals surface area contributed by atoms with Crippen LogP contribution in [0.25, 0.3) is 0 Å². The fraction of sp³-hybridized carbons (Fsp3) is 0.556. The number of nitrogens with one attached hydrogen (secondary N) is 2. The molecule has 17 heavy (non-hydrogen) atoms. The lowest BCUT2D eigenvalue weighted by atomic mass is 9.89. The average molecular weight is 245 g/mol. The quantitative estimate of drug-likeness (QED) is 0.481. The van der Waals surface area contributed by atoms with Gasteiger partial charge in [0.25, 0.3) is 0 Å². The Morgan fingerprint density at radius 3 is 2.18 bits per heavy atom. The van der Waals surface area contributed by atoms with Crippen molar-refractivity contribution < 1.29 is 24.3 Å². The number of carbonyl (C=O) groups is 4. The van der Waals surface area contributed by atoms with E-state index in [0.29, 0.717) is 0 Å². The topological polar surface area (TPSA) is 139 Å². The second-order valence-electron chi connectivity index (χ2n) is 4.06. The van der Waals surface area contributed by atoms with Crippen LogP contribution in [0.15, 0.2) is 0 Å². The fourth-order valence-corrected chi connectivity index (χ4v) is 0.859. The number of rotatable bonds is 5. The van der Waals surface area contributed by atoms with Crippen molar-refractivity contribution in [1.29, 1.82) is 0 Å². The molecule has 0 aromatic heterocycles. The van der Waals surface area contributed by atoms with Gasteiger partial charge in [0.2, 0.25) is 11.8 Å². The average Bonchev–Trinajstić information content (AvgIpc) is 2.13. The van der Waals surface area contributed by atoms with Crippen LogP contribution in [-0.4, -0.2) is 35.5 Å². The van der Waals surface area contributed by atoms with E-state index in [1.54, 1.807) is 0 Å². The van der Waals surface area contributed by atoms with Gasteiger partial charge in [-0.05, 0) is 13.8 Å². The maximum atomic E-state index is 11.3. The molecular weight excluding hydrogens is 230 g/mol. The van der Waals surface area contributed by atoms with E-state index in [9.17, 15) is 19.2 Å². The molecular formula is C9H15N3O5. The highest BCUT2D eigenvalue weighted by atomic mass is 16.4. The molecule has 4 amide bonds. The first-order valence-electron chi connectivity index (χ1n) is 4.74. The van der Waals surface area contributed by atoms with Crippen LogP contribution in [0.5, 0.6) is 0 Å². The zero-order chi connectivity index (χ0) is 13.6. The second kappa shape index (κ2) is 5.83. The smallest absolute Gasteiger partial charge is 0.321 e. The number of imide groups is 1. The minimum atomic E-state index is -1.27. The van der Waals surface area contributed by atoms with E-state index in [2.05, 4.69) is 0 Å². The van der Waals surface area contributed by atoms with Crippen LogP contribution in [0.1, 0.15) is 20.3 Å². The summed E-state index contributed by atoms with van der Waals surface area (Å²) in [6.45, 7) is 2.31. The number of carbonyl (C=O) groups excluding carboxylic acids is 3. The van der Waals surface area contributed by atoms with Crippen LogP contribution < -0.4 is 16.4 Å². The first-order chi connectivity index (χ1) is 7.65. The van der Waals surface area contributed by atoms with Crippen molar-refractivity contribution in [3.05, 3.63) is 0 Å². The maximum Gasteiger partial charge on any atom is 0.321 e. The molecule has 0 aromatic rings. The summed E-state index contributed by atoms with van der Waals surface area (Å²) in [4.78, 5) is 43.3. The van der Waals surface area contributed by atoms with Gasteiger partial charge in [0, 0.05) is 6.42 Å². The van der Waals surface area contributed by atoms with Crippen LogP contribution in [0, 0.1) is 5.41 Å². The van der Waals surface area contributed by atoms with Gasteiger partial charge in [0.05, 0.1) is 12.0 Å². The minimum Gasteiger partial charge on any atom is -0.481 e. The fourth-order valence-electron chi connectivity index (χ4n) is 0.859. The van der Waals surface area contributed by atoms with Gasteiger partial charge in [-0.1, -0.05) is 0 Å². The summed E-state index contributed by atoms with van der Waals surface area (Å²) >= 11 is 0. The van der Waals surface area contributed by atoms with Gasteiger partial charge < -0.3 is 16.2 Å². The number of urea groups is 1. The molecule has 0 heterocycles. The first-order valence-corrected chi connectivity index (χ1v) is 4.74. The van der Waals surface area contributed by atoms with Crippen molar-refractivity contribution in [3.8, 4) is 0 Å². The summed E-state index contributed by atoms with van der Waals surface area (Å²) < 4.78 is 0. The molecule has 8 nitrogen and oxygen atoms in total. The van der Waals surface area contributed by atoms with E-state index < -0.39 is 35.8 Å². The van der Waals surface area contributed by atoms with E-state index in [0.717, 1.165) is 0 Å². The molecule has 0 spiro atoms. The molecule has 0 aliphatic rings. The van der Waals surface area contributed by atoms with Crippen LogP contribution in [0.3, 0.4) is 0 Å². The van der Waals surface area contributed by atoms with E-state index in [-0.39, 0.29) is 6.42 Å². The highest BCUT2D eigenvalue weighted by Crippen LogP contribution is 2.19. The lowest BCUT2D eigenvalue weighted by Crippen LogP contribution is -2.44. The Balaban J connectivity index is 4.15. The normalized spacial score (nSPS) is 10.5. The Morgan fingerprint density at radius 2 is 1.76 bits per heavy atom. The number of primary amides is 1. The summed E-state index contributed by atoms with van der Waals surface area (Å²) in [5.41, 5.74) is 3.50. The molecule has 0 saturated carbocycles. The second-order valence-corrected chi connectivity index (χ2v) is 4.06. The summed E-state index contributed by atoms with van der Waals surface area (Å²) in [5, 5.41) is 12.7. The molecule has 0 bridgehead atoms. The summed E-state index contributed by atoms with van der Waals surface area (Å²) in [6, 6.07) is -0.894. The number of aliphatic carboxylic acids is 1. The zero-order valence-electron chi connectivity index (χ0n) is 9.57. The van der Waals surface area contributed by atoms with Gasteiger partial charge in [0.15, 0.2) is 0 Å². The third-order valence-electron chi connectivity index (χ3n) is 1.86. The molecule has 0 atom stereocenters. The molecule has 0 aliphatic carbocycles. The molecule has 8 heteroatoms. The molecule has 5 N–H and O–H groups in total. The minimum absolute atomic E-state index is 0.355. The predicted octanol–water partition coefficient (Wildman–Crippen LogP) is -1.20. The van der Waals surface area contributed by atoms with Gasteiger partial charge in [-0.25, -0.2) is 4.79 Å². The number of hydrogen-bond acceptors (Lipinski definition) is 4. The van der Waals surface area contributed by atoms with Crippen LogP contribution in [-0.2, 0) is 14.4 Å². The van der Waals surface area contributed by atoms with E-state index in [1.807, 2.05) is 10.6 Å². The number of carboxylic acid groups (broad SMARTS) is 1. The predicted molar refractivity (Wildman–Crippen MR) is 56.8 cm³/mol. The number of amides is 4. The highest BCUT2D eigenvalue weighted by molar-refractivity contribution is 5.97. The molecule has 0 rings (SSSR count). The van der Waals surface area contributed by atoms with Crippen molar-refractivity contribution in [2.24, 2.45) is 11.1 Å². The molecule has 96 valence electrons. The zero-order valence-corrected chi connectivity index (χ0v) is 9.57. The Labute approximate surface area is 97.5 Å². The molecule has 0 unspecified atom stereocenters. The SMILES string of the molecule is CC(C)(CC(=O)NC(=O)NCC(N)=O)C(=O)O. The molecule has 0 aromatic carbocycles. The third-order valence-corrected chi connectivity index (χ3v) is 1.86. The Kier molecular flexibility index (Phi) is 5.10. The summed E-state index contributed by atoms with van der Waals surface area (Å²) in [7, 11) is 0. The van der Waals surface area contributed by atoms with Crippen molar-refractivity contribution in [2.45, 2.75) is 20.3 Å². The molecule has 0 fully saturated rings. The van der Waals surface area contributed by atoms with Crippen molar-refractivity contribution >= 4 is 23.8 Å². The first kappa shape index (κ1) is 14.9. The summed E-state index contributed by atoms with van der Waals surface area (Å²) in [6.07, 6.45) is -0.355. The standard InChI is InChI=1S/C9H15N3O5/c1-9(2,7(15)16)3-6(14)12-8(17)11-4-5(10)13/h3-4H2,1-2H3,(H2,10,13)(H,15,16)(H2,11,12,14,17). The van der Waals surface area contributed by atoms with Crippen molar-refractivity contribution in [3.63, 3.8) is 0 Å². The van der Waals surface area contributed by atoms with E-state index in [1.165, 1.54) is 13.8 Å². The maximum absolute atomic E-state index is 11.3. The molecule has 0 aliphatic heterocycles. The molecule has 0 saturated heterocycles. The van der Waals surface area contributed by atoms with Crippen molar-refractivity contribution in [1.82, 2.24) is 10.6 Å². The van der Waals surface area contributed by atoms with E-state index >= 15 is 0 Å². The Hall–Kier alpha value is -2.12. The number of carboxylic acids is 1. The monoisotopic (exact) mass is 245 g/mol. The lowest BCUT2D eigenvalue weighted by Gasteiger charge is -2.17. The largest absolute Gasteiger partial charge is 0.481 e. The Bertz CT molecular complexity index is 351. The highest BCUT2D eigenvalue weighted by Gasteiger charge is 2.30. The van der Waals surface area contributed by atoms with Crippen LogP contribution in [0.2, 0.25) is 0 Å². The van der Waals surface area contributed by atoms with Gasteiger partial charge >= 0.3 is 12.0 Å². The lowest BCUT2D eigenvalue weighted by molar-refractivity contribution is -0.149. The van der Waals surface area contributed by atoms with Crippen molar-refractivity contribution in [2.75, 3.05) is 6.54 Å². The van der Waals surface area contributed by atoms with Gasteiger partial charge in [-0.2, -0.15) is 0 Å². The van der Waals surface area contributed by atoms with Crippen LogP contribution >= 0.6 is 0 Å². The summed E-state index contributed by atoms with van der Waals surface area (Å²) in [5.74, 6) is -2.65. The number of hydrogen-bond donors (Lipinski definition) is 4. The number of nitrogens with two attached hydrogens (primary N) is 1.